The van der Waals surface area contributed by atoms with Crippen molar-refractivity contribution in [3.63, 3.8) is 0 Å². The highest BCUT2D eigenvalue weighted by Crippen LogP contribution is 2.33. The van der Waals surface area contributed by atoms with E-state index in [9.17, 15) is 4.79 Å². The molecule has 2 N–H and O–H groups in total. The smallest absolute Gasteiger partial charge is 0.252 e. The second-order valence-electron chi connectivity index (χ2n) is 8.04. The summed E-state index contributed by atoms with van der Waals surface area (Å²) in [5.74, 6) is 0.646. The van der Waals surface area contributed by atoms with Gasteiger partial charge in [0.15, 0.2) is 0 Å². The van der Waals surface area contributed by atoms with Gasteiger partial charge in [0.05, 0.1) is 29.6 Å². The van der Waals surface area contributed by atoms with Gasteiger partial charge in [0.1, 0.15) is 5.75 Å². The fourth-order valence-electron chi connectivity index (χ4n) is 3.78. The number of nitrogens with one attached hydrogen (secondary N) is 2. The number of pyridine rings is 1. The zero-order valence-corrected chi connectivity index (χ0v) is 20.5. The lowest BCUT2D eigenvalue weighted by Crippen LogP contribution is -2.23. The molecule has 0 radical (unpaired) electrons. The van der Waals surface area contributed by atoms with E-state index in [1.807, 2.05) is 91.0 Å². The van der Waals surface area contributed by atoms with E-state index in [0.29, 0.717) is 12.1 Å². The number of hydrogen-bond donors (Lipinski definition) is 2. The molecule has 5 rings (SSSR count). The Kier molecular flexibility index (Phi) is 7.10. The van der Waals surface area contributed by atoms with Gasteiger partial charge in [0.2, 0.25) is 0 Å². The zero-order chi connectivity index (χ0) is 24.7. The number of benzene rings is 3. The Morgan fingerprint density at radius 2 is 1.89 bits per heavy atom. The molecular formula is C29H24N4O2S. The number of methoxy groups -OCH3 is 1. The maximum Gasteiger partial charge on any atom is 0.252 e. The molecule has 2 aromatic heterocycles. The van der Waals surface area contributed by atoms with Gasteiger partial charge >= 0.3 is 0 Å². The van der Waals surface area contributed by atoms with Crippen molar-refractivity contribution < 1.29 is 9.53 Å². The Morgan fingerprint density at radius 1 is 1.00 bits per heavy atom. The average Bonchev–Trinajstić information content (AvgIpc) is 3.33. The first-order valence-electron chi connectivity index (χ1n) is 11.4. The number of carbonyl (C=O) groups is 1. The second kappa shape index (κ2) is 10.9. The molecule has 0 aliphatic rings. The van der Waals surface area contributed by atoms with Crippen LogP contribution in [-0.4, -0.2) is 28.2 Å². The van der Waals surface area contributed by atoms with Crippen molar-refractivity contribution in [2.75, 3.05) is 7.11 Å². The van der Waals surface area contributed by atoms with Crippen LogP contribution in [0.15, 0.2) is 101 Å². The van der Waals surface area contributed by atoms with Crippen LogP contribution in [-0.2, 0) is 6.54 Å². The lowest BCUT2D eigenvalue weighted by Gasteiger charge is -2.11. The number of nitrogens with zero attached hydrogens (tertiary/aromatic N) is 2. The van der Waals surface area contributed by atoms with Crippen molar-refractivity contribution in [1.29, 1.82) is 0 Å². The molecule has 0 bridgehead atoms. The number of rotatable bonds is 8. The molecule has 5 aromatic rings. The van der Waals surface area contributed by atoms with E-state index in [4.69, 9.17) is 4.74 Å². The summed E-state index contributed by atoms with van der Waals surface area (Å²) in [7, 11) is 1.63. The Hall–Kier alpha value is -4.36. The van der Waals surface area contributed by atoms with Crippen LogP contribution in [0, 0.1) is 0 Å². The summed E-state index contributed by atoms with van der Waals surface area (Å²) in [4.78, 5) is 19.2. The van der Waals surface area contributed by atoms with Gasteiger partial charge in [0, 0.05) is 27.9 Å². The topological polar surface area (TPSA) is 79.9 Å². The van der Waals surface area contributed by atoms with E-state index >= 15 is 0 Å². The minimum atomic E-state index is -0.120. The number of aromatic nitrogens is 3. The highest BCUT2D eigenvalue weighted by atomic mass is 32.2. The van der Waals surface area contributed by atoms with Crippen molar-refractivity contribution in [3.8, 4) is 5.75 Å². The van der Waals surface area contributed by atoms with Gasteiger partial charge in [-0.3, -0.25) is 14.9 Å². The Balaban J connectivity index is 1.31. The van der Waals surface area contributed by atoms with Gasteiger partial charge in [-0.15, -0.1) is 0 Å². The van der Waals surface area contributed by atoms with Crippen molar-refractivity contribution in [2.45, 2.75) is 16.3 Å². The van der Waals surface area contributed by atoms with Gasteiger partial charge in [0.25, 0.3) is 5.91 Å². The molecule has 0 aliphatic heterocycles. The molecule has 36 heavy (non-hydrogen) atoms. The molecule has 0 aliphatic carbocycles. The van der Waals surface area contributed by atoms with E-state index in [0.717, 1.165) is 43.4 Å². The fraction of sp³-hybridized carbons (Fsp3) is 0.0690. The number of aromatic amines is 1. The van der Waals surface area contributed by atoms with E-state index in [1.54, 1.807) is 25.1 Å². The third-order valence-corrected chi connectivity index (χ3v) is 6.68. The van der Waals surface area contributed by atoms with Gasteiger partial charge in [-0.1, -0.05) is 42.1 Å². The van der Waals surface area contributed by atoms with Crippen molar-refractivity contribution >= 4 is 40.7 Å². The largest absolute Gasteiger partial charge is 0.497 e. The summed E-state index contributed by atoms with van der Waals surface area (Å²) in [6, 6.07) is 27.2. The highest BCUT2D eigenvalue weighted by molar-refractivity contribution is 7.99. The van der Waals surface area contributed by atoms with Gasteiger partial charge in [-0.05, 0) is 72.3 Å². The van der Waals surface area contributed by atoms with E-state index < -0.39 is 0 Å². The Morgan fingerprint density at radius 3 is 2.75 bits per heavy atom. The minimum absolute atomic E-state index is 0.120. The second-order valence-corrected chi connectivity index (χ2v) is 9.15. The summed E-state index contributed by atoms with van der Waals surface area (Å²) in [5, 5.41) is 11.6. The lowest BCUT2D eigenvalue weighted by atomic mass is 10.2. The molecule has 0 saturated heterocycles. The van der Waals surface area contributed by atoms with Gasteiger partial charge in [-0.25, -0.2) is 0 Å². The SMILES string of the molecule is COc1cccc(CNC(=O)c2ccccc2Sc2ccc3c(C=Cc4ccccn4)n[nH]c3c2)c1. The molecule has 0 fully saturated rings. The molecule has 3 aromatic carbocycles. The van der Waals surface area contributed by atoms with Crippen molar-refractivity contribution in [2.24, 2.45) is 0 Å². The van der Waals surface area contributed by atoms with E-state index in [1.165, 1.54) is 0 Å². The summed E-state index contributed by atoms with van der Waals surface area (Å²) in [6.45, 7) is 0.421. The standard InChI is InChI=1S/C29H24N4O2S/c1-35-22-9-6-7-20(17-22)19-31-29(34)25-10-2-3-11-28(25)36-23-13-14-24-26(32-33-27(24)18-23)15-12-21-8-4-5-16-30-21/h2-18H,19H2,1H3,(H,31,34)(H,32,33). The Labute approximate surface area is 213 Å². The molecule has 178 valence electrons. The monoisotopic (exact) mass is 492 g/mol. The molecule has 6 nitrogen and oxygen atoms in total. The van der Waals surface area contributed by atoms with Crippen LogP contribution in [0.2, 0.25) is 0 Å². The predicted octanol–water partition coefficient (Wildman–Crippen LogP) is 6.22. The maximum atomic E-state index is 13.0. The first kappa shape index (κ1) is 23.4. The first-order chi connectivity index (χ1) is 17.7. The van der Waals surface area contributed by atoms with Crippen LogP contribution in [0.3, 0.4) is 0 Å². The first-order valence-corrected chi connectivity index (χ1v) is 12.3. The quantitative estimate of drug-likeness (QED) is 0.269. The van der Waals surface area contributed by atoms with Gasteiger partial charge < -0.3 is 10.1 Å². The number of fused-ring (bicyclic) bond motifs is 1. The summed E-state index contributed by atoms with van der Waals surface area (Å²) in [6.07, 6.45) is 5.66. The summed E-state index contributed by atoms with van der Waals surface area (Å²) >= 11 is 1.55. The normalized spacial score (nSPS) is 11.1. The van der Waals surface area contributed by atoms with Gasteiger partial charge in [-0.2, -0.15) is 5.10 Å². The number of ether oxygens (including phenoxy) is 1. The minimum Gasteiger partial charge on any atom is -0.497 e. The number of hydrogen-bond acceptors (Lipinski definition) is 5. The van der Waals surface area contributed by atoms with Crippen molar-refractivity contribution in [1.82, 2.24) is 20.5 Å². The molecular weight excluding hydrogens is 468 g/mol. The number of H-pyrrole nitrogens is 1. The number of amides is 1. The van der Waals surface area contributed by atoms with Crippen LogP contribution in [0.4, 0.5) is 0 Å². The van der Waals surface area contributed by atoms with Crippen LogP contribution >= 0.6 is 11.8 Å². The summed E-state index contributed by atoms with van der Waals surface area (Å²) in [5.41, 5.74) is 4.27. The van der Waals surface area contributed by atoms with E-state index in [-0.39, 0.29) is 5.91 Å². The molecule has 2 heterocycles. The zero-order valence-electron chi connectivity index (χ0n) is 19.6. The van der Waals surface area contributed by atoms with Crippen LogP contribution in [0.1, 0.15) is 27.3 Å². The fourth-order valence-corrected chi connectivity index (χ4v) is 4.76. The van der Waals surface area contributed by atoms with Crippen LogP contribution in [0.5, 0.6) is 5.75 Å². The lowest BCUT2D eigenvalue weighted by molar-refractivity contribution is 0.0948. The third-order valence-electron chi connectivity index (χ3n) is 5.61. The van der Waals surface area contributed by atoms with Crippen molar-refractivity contribution in [3.05, 3.63) is 114 Å². The highest BCUT2D eigenvalue weighted by Gasteiger charge is 2.13. The molecule has 0 saturated carbocycles. The number of carbonyl (C=O) groups excluding carboxylic acids is 1. The molecule has 0 unspecified atom stereocenters. The molecule has 1 amide bonds. The molecule has 0 spiro atoms. The molecule has 7 heteroatoms. The van der Waals surface area contributed by atoms with E-state index in [2.05, 4.69) is 26.6 Å². The molecule has 0 atom stereocenters. The Bertz CT molecular complexity index is 1530. The third kappa shape index (κ3) is 5.47. The maximum absolute atomic E-state index is 13.0. The van der Waals surface area contributed by atoms with Crippen LogP contribution < -0.4 is 10.1 Å². The predicted molar refractivity (Wildman–Crippen MR) is 144 cm³/mol. The average molecular weight is 493 g/mol. The summed E-state index contributed by atoms with van der Waals surface area (Å²) < 4.78 is 5.27. The van der Waals surface area contributed by atoms with Crippen LogP contribution in [0.25, 0.3) is 23.1 Å².